The van der Waals surface area contributed by atoms with Gasteiger partial charge in [0, 0.05) is 23.9 Å². The number of para-hydroxylation sites is 1. The van der Waals surface area contributed by atoms with Gasteiger partial charge >= 0.3 is 0 Å². The first kappa shape index (κ1) is 10.7. The molecule has 0 fully saturated rings. The number of nitrogens with zero attached hydrogens (tertiary/aromatic N) is 3. The minimum absolute atomic E-state index is 0.0644. The van der Waals surface area contributed by atoms with Crippen LogP contribution in [0.2, 0.25) is 0 Å². The van der Waals surface area contributed by atoms with E-state index in [1.165, 1.54) is 0 Å². The molecule has 0 spiro atoms. The van der Waals surface area contributed by atoms with Gasteiger partial charge < -0.3 is 9.84 Å². The van der Waals surface area contributed by atoms with Crippen molar-refractivity contribution >= 4 is 5.65 Å². The Morgan fingerprint density at radius 2 is 2.06 bits per heavy atom. The molecule has 3 rings (SSSR count). The van der Waals surface area contributed by atoms with E-state index in [1.54, 1.807) is 35.1 Å². The number of aliphatic hydroxyl groups excluding tert-OH is 1. The van der Waals surface area contributed by atoms with Gasteiger partial charge in [-0.05, 0) is 6.07 Å². The third-order valence-electron chi connectivity index (χ3n) is 2.59. The van der Waals surface area contributed by atoms with Gasteiger partial charge in [-0.3, -0.25) is 0 Å². The molecule has 2 aromatic heterocycles. The van der Waals surface area contributed by atoms with Crippen LogP contribution < -0.4 is 4.74 Å². The highest BCUT2D eigenvalue weighted by molar-refractivity contribution is 5.40. The number of ether oxygens (including phenoxy) is 1. The van der Waals surface area contributed by atoms with E-state index in [2.05, 4.69) is 10.1 Å². The van der Waals surface area contributed by atoms with Crippen molar-refractivity contribution in [3.8, 4) is 11.6 Å². The average Bonchev–Trinajstić information content (AvgIpc) is 2.87. The fourth-order valence-corrected chi connectivity index (χ4v) is 1.70. The number of aliphatic hydroxyl groups is 1. The van der Waals surface area contributed by atoms with Crippen molar-refractivity contribution in [2.45, 2.75) is 6.61 Å². The molecule has 0 atom stereocenters. The topological polar surface area (TPSA) is 59.7 Å². The van der Waals surface area contributed by atoms with E-state index in [9.17, 15) is 5.11 Å². The largest absolute Gasteiger partial charge is 0.439 e. The zero-order valence-electron chi connectivity index (χ0n) is 9.52. The van der Waals surface area contributed by atoms with Crippen LogP contribution in [0.1, 0.15) is 5.56 Å². The summed E-state index contributed by atoms with van der Waals surface area (Å²) in [5.74, 6) is 1.08. The highest BCUT2D eigenvalue weighted by Crippen LogP contribution is 2.23. The molecular weight excluding hydrogens is 230 g/mol. The molecule has 1 N–H and O–H groups in total. The third kappa shape index (κ3) is 1.91. The highest BCUT2D eigenvalue weighted by atomic mass is 16.5. The number of hydrogen-bond donors (Lipinski definition) is 1. The van der Waals surface area contributed by atoms with E-state index >= 15 is 0 Å². The summed E-state index contributed by atoms with van der Waals surface area (Å²) < 4.78 is 7.32. The zero-order chi connectivity index (χ0) is 12.4. The van der Waals surface area contributed by atoms with Crippen LogP contribution in [0.3, 0.4) is 0 Å². The summed E-state index contributed by atoms with van der Waals surface area (Å²) in [4.78, 5) is 4.30. The molecule has 18 heavy (non-hydrogen) atoms. The van der Waals surface area contributed by atoms with Gasteiger partial charge in [-0.25, -0.2) is 4.52 Å². The molecule has 0 amide bonds. The lowest BCUT2D eigenvalue weighted by molar-refractivity contribution is 0.276. The Morgan fingerprint density at radius 1 is 1.17 bits per heavy atom. The molecule has 5 nitrogen and oxygen atoms in total. The SMILES string of the molecule is OCc1ccccc1Oc1ccn2nccc2n1. The van der Waals surface area contributed by atoms with Crippen LogP contribution in [0, 0.1) is 0 Å². The lowest BCUT2D eigenvalue weighted by Crippen LogP contribution is -1.95. The summed E-state index contributed by atoms with van der Waals surface area (Å²) in [6.45, 7) is -0.0644. The molecule has 0 aliphatic carbocycles. The predicted octanol–water partition coefficient (Wildman–Crippen LogP) is 2.01. The highest BCUT2D eigenvalue weighted by Gasteiger charge is 2.05. The van der Waals surface area contributed by atoms with E-state index in [0.717, 1.165) is 5.56 Å². The molecule has 5 heteroatoms. The molecule has 0 bridgehead atoms. The normalized spacial score (nSPS) is 10.7. The lowest BCUT2D eigenvalue weighted by Gasteiger charge is -2.08. The fourth-order valence-electron chi connectivity index (χ4n) is 1.70. The smallest absolute Gasteiger partial charge is 0.222 e. The number of hydrogen-bond acceptors (Lipinski definition) is 4. The van der Waals surface area contributed by atoms with Gasteiger partial charge in [0.25, 0.3) is 0 Å². The number of rotatable bonds is 3. The number of fused-ring (bicyclic) bond motifs is 1. The van der Waals surface area contributed by atoms with Gasteiger partial charge in [-0.2, -0.15) is 10.1 Å². The summed E-state index contributed by atoms with van der Waals surface area (Å²) in [6.07, 6.45) is 3.45. The predicted molar refractivity (Wildman–Crippen MR) is 65.4 cm³/mol. The Hall–Kier alpha value is -2.40. The van der Waals surface area contributed by atoms with Gasteiger partial charge in [0.15, 0.2) is 5.65 Å². The Labute approximate surface area is 103 Å². The van der Waals surface area contributed by atoms with Gasteiger partial charge in [-0.1, -0.05) is 18.2 Å². The van der Waals surface area contributed by atoms with Crippen molar-refractivity contribution in [1.29, 1.82) is 0 Å². The minimum atomic E-state index is -0.0644. The van der Waals surface area contributed by atoms with Crippen molar-refractivity contribution in [3.05, 3.63) is 54.4 Å². The van der Waals surface area contributed by atoms with Gasteiger partial charge in [0.05, 0.1) is 12.8 Å². The second kappa shape index (κ2) is 4.46. The van der Waals surface area contributed by atoms with Crippen LogP contribution in [0.15, 0.2) is 48.8 Å². The van der Waals surface area contributed by atoms with Crippen molar-refractivity contribution in [1.82, 2.24) is 14.6 Å². The minimum Gasteiger partial charge on any atom is -0.439 e. The van der Waals surface area contributed by atoms with Crippen LogP contribution in [0.25, 0.3) is 5.65 Å². The number of aromatic nitrogens is 3. The monoisotopic (exact) mass is 241 g/mol. The molecule has 0 aliphatic heterocycles. The first-order chi connectivity index (χ1) is 8.86. The second-order valence-electron chi connectivity index (χ2n) is 3.77. The van der Waals surface area contributed by atoms with E-state index in [1.807, 2.05) is 18.2 Å². The Morgan fingerprint density at radius 3 is 2.94 bits per heavy atom. The molecule has 3 aromatic rings. The first-order valence-corrected chi connectivity index (χ1v) is 5.54. The molecule has 0 unspecified atom stereocenters. The number of benzene rings is 1. The quantitative estimate of drug-likeness (QED) is 0.762. The van der Waals surface area contributed by atoms with E-state index < -0.39 is 0 Å². The molecule has 90 valence electrons. The Bertz CT molecular complexity index is 679. The van der Waals surface area contributed by atoms with Gasteiger partial charge in [-0.15, -0.1) is 0 Å². The molecule has 0 saturated heterocycles. The van der Waals surface area contributed by atoms with E-state index in [4.69, 9.17) is 4.74 Å². The van der Waals surface area contributed by atoms with Crippen LogP contribution >= 0.6 is 0 Å². The van der Waals surface area contributed by atoms with Crippen LogP contribution in [0.4, 0.5) is 0 Å². The first-order valence-electron chi connectivity index (χ1n) is 5.54. The standard InChI is InChI=1S/C13H11N3O2/c17-9-10-3-1-2-4-11(10)18-13-6-8-16-12(15-13)5-7-14-16/h1-8,17H,9H2. The maximum Gasteiger partial charge on any atom is 0.222 e. The van der Waals surface area contributed by atoms with Crippen LogP contribution in [-0.2, 0) is 6.61 Å². The van der Waals surface area contributed by atoms with E-state index in [-0.39, 0.29) is 6.61 Å². The summed E-state index contributed by atoms with van der Waals surface area (Å²) in [5, 5.41) is 13.3. The van der Waals surface area contributed by atoms with Gasteiger partial charge in [0.1, 0.15) is 5.75 Å². The summed E-state index contributed by atoms with van der Waals surface area (Å²) >= 11 is 0. The summed E-state index contributed by atoms with van der Waals surface area (Å²) in [7, 11) is 0. The third-order valence-corrected chi connectivity index (χ3v) is 2.59. The van der Waals surface area contributed by atoms with Crippen molar-refractivity contribution in [2.75, 3.05) is 0 Å². The maximum absolute atomic E-state index is 9.22. The average molecular weight is 241 g/mol. The Balaban J connectivity index is 1.95. The lowest BCUT2D eigenvalue weighted by atomic mass is 10.2. The fraction of sp³-hybridized carbons (Fsp3) is 0.0769. The maximum atomic E-state index is 9.22. The van der Waals surface area contributed by atoms with Crippen LogP contribution in [-0.4, -0.2) is 19.7 Å². The summed E-state index contributed by atoms with van der Waals surface area (Å²) in [6, 6.07) is 10.8. The molecule has 1 aromatic carbocycles. The molecule has 0 saturated carbocycles. The Kier molecular flexibility index (Phi) is 2.66. The summed E-state index contributed by atoms with van der Waals surface area (Å²) in [5.41, 5.74) is 1.45. The van der Waals surface area contributed by atoms with Crippen LogP contribution in [0.5, 0.6) is 11.6 Å². The molecule has 2 heterocycles. The molecular formula is C13H11N3O2. The van der Waals surface area contributed by atoms with Gasteiger partial charge in [0.2, 0.25) is 5.88 Å². The zero-order valence-corrected chi connectivity index (χ0v) is 9.52. The molecule has 0 aliphatic rings. The van der Waals surface area contributed by atoms with Crippen molar-refractivity contribution in [3.63, 3.8) is 0 Å². The van der Waals surface area contributed by atoms with Crippen molar-refractivity contribution < 1.29 is 9.84 Å². The second-order valence-corrected chi connectivity index (χ2v) is 3.77. The van der Waals surface area contributed by atoms with Crippen molar-refractivity contribution in [2.24, 2.45) is 0 Å². The van der Waals surface area contributed by atoms with E-state index in [0.29, 0.717) is 17.3 Å². The molecule has 0 radical (unpaired) electrons.